The molecular weight excluding hydrogens is 268 g/mol. The van der Waals surface area contributed by atoms with Crippen molar-refractivity contribution < 1.29 is 13.7 Å². The highest BCUT2D eigenvalue weighted by Crippen LogP contribution is 2.16. The molecule has 0 aliphatic heterocycles. The van der Waals surface area contributed by atoms with Crippen LogP contribution in [0, 0.1) is 0 Å². The van der Waals surface area contributed by atoms with Gasteiger partial charge in [0.15, 0.2) is 5.78 Å². The molecule has 1 aromatic heterocycles. The Labute approximate surface area is 112 Å². The Morgan fingerprint density at radius 1 is 1.28 bits per heavy atom. The third-order valence-electron chi connectivity index (χ3n) is 2.39. The first-order valence-electron chi connectivity index (χ1n) is 5.30. The highest BCUT2D eigenvalue weighted by Gasteiger charge is 2.13. The number of carbonyl (C=O) groups is 1. The summed E-state index contributed by atoms with van der Waals surface area (Å²) in [6.45, 7) is 0. The summed E-state index contributed by atoms with van der Waals surface area (Å²) in [6.07, 6.45) is 0. The number of methoxy groups -OCH3 is 1. The van der Waals surface area contributed by atoms with E-state index in [0.29, 0.717) is 11.3 Å². The molecule has 0 amide bonds. The molecule has 0 saturated carbocycles. The van der Waals surface area contributed by atoms with Crippen LogP contribution in [0.5, 0.6) is 5.75 Å². The average Bonchev–Trinajstić information content (AvgIpc) is 2.92. The second kappa shape index (κ2) is 5.93. The van der Waals surface area contributed by atoms with Crippen LogP contribution in [0.25, 0.3) is 0 Å². The SMILES string of the molecule is COc1ccc(C(=O)CS(=O)c2cccs2)cc1. The molecular formula is C13H12O3S2. The number of rotatable bonds is 5. The summed E-state index contributed by atoms with van der Waals surface area (Å²) in [5, 5.41) is 1.85. The van der Waals surface area contributed by atoms with Gasteiger partial charge in [0, 0.05) is 5.56 Å². The second-order valence-corrected chi connectivity index (χ2v) is 6.20. The van der Waals surface area contributed by atoms with Gasteiger partial charge < -0.3 is 4.74 Å². The molecule has 18 heavy (non-hydrogen) atoms. The largest absolute Gasteiger partial charge is 0.497 e. The summed E-state index contributed by atoms with van der Waals surface area (Å²) in [4.78, 5) is 11.9. The van der Waals surface area contributed by atoms with Crippen molar-refractivity contribution in [2.45, 2.75) is 4.21 Å². The molecule has 94 valence electrons. The van der Waals surface area contributed by atoms with Gasteiger partial charge in [-0.3, -0.25) is 9.00 Å². The minimum atomic E-state index is -1.25. The number of thiophene rings is 1. The molecule has 0 spiro atoms. The lowest BCUT2D eigenvalue weighted by atomic mass is 10.1. The molecule has 0 fully saturated rings. The fourth-order valence-electron chi connectivity index (χ4n) is 1.44. The van der Waals surface area contributed by atoms with E-state index in [1.807, 2.05) is 11.4 Å². The standard InChI is InChI=1S/C13H12O3S2/c1-16-11-6-4-10(5-7-11)12(14)9-18(15)13-3-2-8-17-13/h2-8H,9H2,1H3. The Hall–Kier alpha value is -1.46. The molecule has 0 bridgehead atoms. The molecule has 2 aromatic rings. The van der Waals surface area contributed by atoms with E-state index in [-0.39, 0.29) is 11.5 Å². The molecule has 0 N–H and O–H groups in total. The first-order chi connectivity index (χ1) is 8.70. The zero-order valence-corrected chi connectivity index (χ0v) is 11.4. The second-order valence-electron chi connectivity index (χ2n) is 3.57. The molecule has 0 aliphatic carbocycles. The normalized spacial score (nSPS) is 12.1. The molecule has 0 saturated heterocycles. The molecule has 3 nitrogen and oxygen atoms in total. The summed E-state index contributed by atoms with van der Waals surface area (Å²) in [7, 11) is 0.320. The summed E-state index contributed by atoms with van der Waals surface area (Å²) >= 11 is 1.40. The molecule has 1 heterocycles. The first kappa shape index (κ1) is 13.0. The lowest BCUT2D eigenvalue weighted by Gasteiger charge is -2.02. The third-order valence-corrected chi connectivity index (χ3v) is 5.01. The summed E-state index contributed by atoms with van der Waals surface area (Å²) in [5.74, 6) is 0.600. The van der Waals surface area contributed by atoms with Crippen LogP contribution in [0.2, 0.25) is 0 Å². The number of ketones is 1. The number of hydrogen-bond acceptors (Lipinski definition) is 4. The Balaban J connectivity index is 2.05. The van der Waals surface area contributed by atoms with Crippen molar-refractivity contribution >= 4 is 27.9 Å². The van der Waals surface area contributed by atoms with Crippen LogP contribution in [0.4, 0.5) is 0 Å². The van der Waals surface area contributed by atoms with Crippen LogP contribution in [0.15, 0.2) is 46.0 Å². The van der Waals surface area contributed by atoms with Gasteiger partial charge in [-0.05, 0) is 35.7 Å². The zero-order valence-electron chi connectivity index (χ0n) is 9.79. The summed E-state index contributed by atoms with van der Waals surface area (Å²) in [5.41, 5.74) is 0.556. The fourth-order valence-corrected chi connectivity index (χ4v) is 3.44. The van der Waals surface area contributed by atoms with Crippen molar-refractivity contribution in [3.05, 3.63) is 47.3 Å². The monoisotopic (exact) mass is 280 g/mol. The first-order valence-corrected chi connectivity index (χ1v) is 7.49. The molecule has 0 radical (unpaired) electrons. The minimum absolute atomic E-state index is 0.0207. The number of hydrogen-bond donors (Lipinski definition) is 0. The molecule has 2 rings (SSSR count). The average molecular weight is 280 g/mol. The Kier molecular flexibility index (Phi) is 4.28. The van der Waals surface area contributed by atoms with Gasteiger partial charge in [0.2, 0.25) is 0 Å². The van der Waals surface area contributed by atoms with Gasteiger partial charge in [-0.25, -0.2) is 0 Å². The van der Waals surface area contributed by atoms with Gasteiger partial charge in [-0.1, -0.05) is 6.07 Å². The molecule has 5 heteroatoms. The number of ether oxygens (including phenoxy) is 1. The van der Waals surface area contributed by atoms with Crippen molar-refractivity contribution in [1.29, 1.82) is 0 Å². The van der Waals surface area contributed by atoms with Crippen LogP contribution in [0.3, 0.4) is 0 Å². The predicted octanol–water partition coefficient (Wildman–Crippen LogP) is 2.75. The van der Waals surface area contributed by atoms with Crippen LogP contribution in [-0.2, 0) is 10.8 Å². The predicted molar refractivity (Wildman–Crippen MR) is 72.9 cm³/mol. The van der Waals surface area contributed by atoms with Gasteiger partial charge in [0.25, 0.3) is 0 Å². The van der Waals surface area contributed by atoms with E-state index in [0.717, 1.165) is 4.21 Å². The van der Waals surface area contributed by atoms with E-state index >= 15 is 0 Å². The van der Waals surface area contributed by atoms with Crippen LogP contribution < -0.4 is 4.74 Å². The smallest absolute Gasteiger partial charge is 0.175 e. The van der Waals surface area contributed by atoms with Crippen molar-refractivity contribution in [1.82, 2.24) is 0 Å². The van der Waals surface area contributed by atoms with Crippen LogP contribution in [0.1, 0.15) is 10.4 Å². The third kappa shape index (κ3) is 3.05. The molecule has 1 unspecified atom stereocenters. The van der Waals surface area contributed by atoms with Gasteiger partial charge in [-0.2, -0.15) is 0 Å². The minimum Gasteiger partial charge on any atom is -0.497 e. The van der Waals surface area contributed by atoms with Gasteiger partial charge >= 0.3 is 0 Å². The van der Waals surface area contributed by atoms with E-state index in [2.05, 4.69) is 0 Å². The van der Waals surface area contributed by atoms with E-state index in [1.165, 1.54) is 11.3 Å². The molecule has 1 atom stereocenters. The van der Waals surface area contributed by atoms with Crippen molar-refractivity contribution in [2.24, 2.45) is 0 Å². The van der Waals surface area contributed by atoms with Gasteiger partial charge in [0.1, 0.15) is 5.75 Å². The Bertz CT molecular complexity index is 544. The maximum Gasteiger partial charge on any atom is 0.175 e. The van der Waals surface area contributed by atoms with E-state index in [9.17, 15) is 9.00 Å². The highest BCUT2D eigenvalue weighted by molar-refractivity contribution is 7.88. The zero-order chi connectivity index (χ0) is 13.0. The maximum absolute atomic E-state index is 11.9. The van der Waals surface area contributed by atoms with Crippen molar-refractivity contribution in [2.75, 3.05) is 12.9 Å². The lowest BCUT2D eigenvalue weighted by molar-refractivity contribution is 0.102. The lowest BCUT2D eigenvalue weighted by Crippen LogP contribution is -2.10. The van der Waals surface area contributed by atoms with Crippen molar-refractivity contribution in [3.63, 3.8) is 0 Å². The Morgan fingerprint density at radius 3 is 2.56 bits per heavy atom. The van der Waals surface area contributed by atoms with Gasteiger partial charge in [-0.15, -0.1) is 11.3 Å². The van der Waals surface area contributed by atoms with Gasteiger partial charge in [0.05, 0.1) is 27.9 Å². The quantitative estimate of drug-likeness (QED) is 0.791. The van der Waals surface area contributed by atoms with E-state index in [4.69, 9.17) is 4.74 Å². The highest BCUT2D eigenvalue weighted by atomic mass is 32.2. The summed E-state index contributed by atoms with van der Waals surface area (Å²) in [6, 6.07) is 10.4. The van der Waals surface area contributed by atoms with E-state index < -0.39 is 10.8 Å². The number of carbonyl (C=O) groups excluding carboxylic acids is 1. The fraction of sp³-hybridized carbons (Fsp3) is 0.154. The topological polar surface area (TPSA) is 43.4 Å². The summed E-state index contributed by atoms with van der Waals surface area (Å²) < 4.78 is 17.6. The maximum atomic E-state index is 11.9. The number of benzene rings is 1. The molecule has 0 aliphatic rings. The van der Waals surface area contributed by atoms with E-state index in [1.54, 1.807) is 37.4 Å². The van der Waals surface area contributed by atoms with Crippen LogP contribution in [-0.4, -0.2) is 22.9 Å². The molecule has 1 aromatic carbocycles. The number of Topliss-reactive ketones (excluding diaryl/α,β-unsaturated/α-hetero) is 1. The Morgan fingerprint density at radius 2 is 2.00 bits per heavy atom. The van der Waals surface area contributed by atoms with Crippen LogP contribution >= 0.6 is 11.3 Å². The van der Waals surface area contributed by atoms with Crippen molar-refractivity contribution in [3.8, 4) is 5.75 Å².